The third-order valence-corrected chi connectivity index (χ3v) is 11.6. The van der Waals surface area contributed by atoms with E-state index in [0.29, 0.717) is 0 Å². The summed E-state index contributed by atoms with van der Waals surface area (Å²) in [6.07, 6.45) is 3.70. The normalized spacial score (nSPS) is 16.0. The van der Waals surface area contributed by atoms with Crippen LogP contribution in [0, 0.1) is 0 Å². The van der Waals surface area contributed by atoms with Crippen molar-refractivity contribution in [1.29, 1.82) is 0 Å². The van der Waals surface area contributed by atoms with E-state index in [1.54, 1.807) is 0 Å². The van der Waals surface area contributed by atoms with Crippen molar-refractivity contribution in [3.05, 3.63) is 134 Å². The minimum Gasteiger partial charge on any atom is -0.309 e. The molecule has 8 aromatic rings. The lowest BCUT2D eigenvalue weighted by molar-refractivity contribution is 0.593. The summed E-state index contributed by atoms with van der Waals surface area (Å²) in [6, 6.07) is 41.4. The van der Waals surface area contributed by atoms with E-state index in [9.17, 15) is 0 Å². The molecule has 1 unspecified atom stereocenters. The van der Waals surface area contributed by atoms with E-state index in [1.165, 1.54) is 0 Å². The summed E-state index contributed by atoms with van der Waals surface area (Å²) >= 11 is 0. The van der Waals surface area contributed by atoms with Gasteiger partial charge in [0.15, 0.2) is 7.14 Å². The van der Waals surface area contributed by atoms with Crippen molar-refractivity contribution < 1.29 is 4.57 Å². The largest absolute Gasteiger partial charge is 0.309 e. The van der Waals surface area contributed by atoms with Gasteiger partial charge in [0.2, 0.25) is 0 Å². The summed E-state index contributed by atoms with van der Waals surface area (Å²) in [6.45, 7) is 0. The van der Waals surface area contributed by atoms with Crippen LogP contribution in [0.1, 0.15) is 0 Å². The third kappa shape index (κ3) is 2.97. The second-order valence-corrected chi connectivity index (χ2v) is 13.3. The van der Waals surface area contributed by atoms with Crippen LogP contribution in [0.5, 0.6) is 0 Å². The quantitative estimate of drug-likeness (QED) is 0.168. The molecule has 4 heterocycles. The molecule has 4 nitrogen and oxygen atoms in total. The van der Waals surface area contributed by atoms with Crippen LogP contribution in [0.25, 0.3) is 60.4 Å². The van der Waals surface area contributed by atoms with Gasteiger partial charge in [-0.3, -0.25) is 9.97 Å². The number of rotatable bonds is 2. The van der Waals surface area contributed by atoms with Crippen molar-refractivity contribution >= 4 is 66.7 Å². The molecule has 1 aliphatic heterocycles. The molecule has 192 valence electrons. The van der Waals surface area contributed by atoms with Crippen molar-refractivity contribution in [3.8, 4) is 16.8 Å². The van der Waals surface area contributed by atoms with E-state index in [4.69, 9.17) is 4.98 Å². The average Bonchev–Trinajstić information content (AvgIpc) is 3.50. The van der Waals surface area contributed by atoms with Gasteiger partial charge in [-0.15, -0.1) is 0 Å². The maximum Gasteiger partial charge on any atom is 0.172 e. The van der Waals surface area contributed by atoms with Crippen LogP contribution >= 0.6 is 7.14 Å². The van der Waals surface area contributed by atoms with Crippen LogP contribution in [-0.4, -0.2) is 14.5 Å². The molecule has 5 heteroatoms. The van der Waals surface area contributed by atoms with Crippen LogP contribution < -0.4 is 15.9 Å². The highest BCUT2D eigenvalue weighted by molar-refractivity contribution is 7.86. The van der Waals surface area contributed by atoms with Crippen LogP contribution in [0.15, 0.2) is 134 Å². The lowest BCUT2D eigenvalue weighted by Crippen LogP contribution is -2.20. The first-order chi connectivity index (χ1) is 20.2. The average molecular weight is 544 g/mol. The molecule has 0 amide bonds. The van der Waals surface area contributed by atoms with Crippen LogP contribution in [-0.2, 0) is 4.57 Å². The first-order valence-corrected chi connectivity index (χ1v) is 15.4. The van der Waals surface area contributed by atoms with Gasteiger partial charge in [0.25, 0.3) is 0 Å². The van der Waals surface area contributed by atoms with E-state index >= 15 is 4.57 Å². The summed E-state index contributed by atoms with van der Waals surface area (Å²) < 4.78 is 17.5. The SMILES string of the molecule is O=P1(c2ccccc2)c2ccccc2-c2cc3c(cc21)c1ccccc1n3-c1ccnc2c1ccc1cccnc12. The molecule has 0 radical (unpaired) electrons. The van der Waals surface area contributed by atoms with Gasteiger partial charge in [0, 0.05) is 49.9 Å². The standard InChI is InChI=1S/C36H22N3OP/c40-41(24-10-2-1-3-11-24)33-15-7-5-13-26(33)29-21-32-28(22-34(29)41)25-12-4-6-14-30(25)39(32)31-18-20-38-36-27(31)17-16-23-9-8-19-37-35(23)36/h1-22H. The summed E-state index contributed by atoms with van der Waals surface area (Å²) in [7, 11) is -3.04. The number of pyridine rings is 2. The highest BCUT2D eigenvalue weighted by Gasteiger charge is 2.40. The molecule has 3 aromatic heterocycles. The first kappa shape index (κ1) is 22.7. The van der Waals surface area contributed by atoms with Gasteiger partial charge in [-0.1, -0.05) is 84.9 Å². The van der Waals surface area contributed by atoms with Crippen LogP contribution in [0.2, 0.25) is 0 Å². The first-order valence-electron chi connectivity index (χ1n) is 13.7. The minimum absolute atomic E-state index is 0.869. The second-order valence-electron chi connectivity index (χ2n) is 10.6. The van der Waals surface area contributed by atoms with Gasteiger partial charge in [-0.05, 0) is 47.5 Å². The Morgan fingerprint density at radius 1 is 0.537 bits per heavy atom. The zero-order valence-corrected chi connectivity index (χ0v) is 22.8. The smallest absolute Gasteiger partial charge is 0.172 e. The number of hydrogen-bond donors (Lipinski definition) is 0. The van der Waals surface area contributed by atoms with Crippen molar-refractivity contribution in [1.82, 2.24) is 14.5 Å². The van der Waals surface area contributed by atoms with Gasteiger partial charge in [0.05, 0.1) is 27.8 Å². The molecule has 1 atom stereocenters. The number of nitrogens with zero attached hydrogens (tertiary/aromatic N) is 3. The van der Waals surface area contributed by atoms with Gasteiger partial charge in [0.1, 0.15) is 0 Å². The Balaban J connectivity index is 1.42. The maximum atomic E-state index is 15.2. The molecule has 0 bridgehead atoms. The molecular weight excluding hydrogens is 521 g/mol. The lowest BCUT2D eigenvalue weighted by Gasteiger charge is -2.16. The number of hydrogen-bond acceptors (Lipinski definition) is 3. The molecule has 41 heavy (non-hydrogen) atoms. The fourth-order valence-electron chi connectivity index (χ4n) is 6.70. The molecule has 0 saturated heterocycles. The van der Waals surface area contributed by atoms with Crippen molar-refractivity contribution in [2.75, 3.05) is 0 Å². The molecule has 0 saturated carbocycles. The number of para-hydroxylation sites is 1. The Labute approximate surface area is 235 Å². The van der Waals surface area contributed by atoms with E-state index < -0.39 is 7.14 Å². The molecule has 0 spiro atoms. The predicted octanol–water partition coefficient (Wildman–Crippen LogP) is 7.50. The fraction of sp³-hybridized carbons (Fsp3) is 0. The third-order valence-electron chi connectivity index (χ3n) is 8.48. The van der Waals surface area contributed by atoms with E-state index in [-0.39, 0.29) is 0 Å². The van der Waals surface area contributed by atoms with Crippen molar-refractivity contribution in [2.24, 2.45) is 0 Å². The Morgan fingerprint density at radius 2 is 1.34 bits per heavy atom. The van der Waals surface area contributed by atoms with E-state index in [0.717, 1.165) is 76.3 Å². The summed E-state index contributed by atoms with van der Waals surface area (Å²) in [4.78, 5) is 9.44. The fourth-order valence-corrected chi connectivity index (χ4v) is 9.77. The zero-order chi connectivity index (χ0) is 27.1. The van der Waals surface area contributed by atoms with E-state index in [1.807, 2.05) is 67.0 Å². The summed E-state index contributed by atoms with van der Waals surface area (Å²) in [5.41, 5.74) is 7.08. The van der Waals surface area contributed by atoms with Crippen molar-refractivity contribution in [3.63, 3.8) is 0 Å². The van der Waals surface area contributed by atoms with Gasteiger partial charge in [-0.25, -0.2) is 0 Å². The molecule has 5 aromatic carbocycles. The topological polar surface area (TPSA) is 47.8 Å². The van der Waals surface area contributed by atoms with Gasteiger partial charge < -0.3 is 9.13 Å². The van der Waals surface area contributed by atoms with E-state index in [2.05, 4.69) is 76.3 Å². The Morgan fingerprint density at radius 3 is 2.27 bits per heavy atom. The summed E-state index contributed by atoms with van der Waals surface area (Å²) in [5.74, 6) is 0. The Hall–Kier alpha value is -5.05. The van der Waals surface area contributed by atoms with Gasteiger partial charge >= 0.3 is 0 Å². The summed E-state index contributed by atoms with van der Waals surface area (Å²) in [5, 5.41) is 7.02. The van der Waals surface area contributed by atoms with Gasteiger partial charge in [-0.2, -0.15) is 0 Å². The Bertz CT molecular complexity index is 2410. The van der Waals surface area contributed by atoms with Crippen LogP contribution in [0.3, 0.4) is 0 Å². The lowest BCUT2D eigenvalue weighted by atomic mass is 10.0. The zero-order valence-electron chi connectivity index (χ0n) is 21.9. The number of fused-ring (bicyclic) bond motifs is 9. The molecule has 0 fully saturated rings. The monoisotopic (exact) mass is 543 g/mol. The second kappa shape index (κ2) is 8.23. The molecule has 1 aliphatic rings. The molecule has 9 rings (SSSR count). The Kier molecular flexibility index (Phi) is 4.57. The predicted molar refractivity (Wildman–Crippen MR) is 170 cm³/mol. The molecular formula is C36H22N3OP. The molecule has 0 aliphatic carbocycles. The molecule has 0 N–H and O–H groups in total. The minimum atomic E-state index is -3.04. The van der Waals surface area contributed by atoms with Crippen LogP contribution in [0.4, 0.5) is 0 Å². The highest BCUT2D eigenvalue weighted by atomic mass is 31.2. The number of benzene rings is 5. The highest BCUT2D eigenvalue weighted by Crippen LogP contribution is 2.53. The number of aromatic nitrogens is 3. The van der Waals surface area contributed by atoms with Crippen molar-refractivity contribution in [2.45, 2.75) is 0 Å². The maximum absolute atomic E-state index is 15.2.